The van der Waals surface area contributed by atoms with E-state index in [0.717, 1.165) is 0 Å². The van der Waals surface area contributed by atoms with Gasteiger partial charge in [0, 0.05) is 18.3 Å². The van der Waals surface area contributed by atoms with Crippen LogP contribution in [0.15, 0.2) is 66.7 Å². The Morgan fingerprint density at radius 2 is 1.28 bits per heavy atom. The van der Waals surface area contributed by atoms with Crippen LogP contribution < -0.4 is 5.32 Å². The maximum Gasteiger partial charge on any atom is 0.0497 e. The van der Waals surface area contributed by atoms with E-state index in [1.54, 1.807) is 0 Å². The first kappa shape index (κ1) is 17.0. The van der Waals surface area contributed by atoms with Crippen LogP contribution in [0.3, 0.4) is 0 Å². The quantitative estimate of drug-likeness (QED) is 0.561. The summed E-state index contributed by atoms with van der Waals surface area (Å²) >= 11 is 0. The van der Waals surface area contributed by atoms with Gasteiger partial charge in [0.2, 0.25) is 0 Å². The summed E-state index contributed by atoms with van der Waals surface area (Å²) in [4.78, 5) is 0. The Morgan fingerprint density at radius 1 is 0.720 bits per heavy atom. The summed E-state index contributed by atoms with van der Waals surface area (Å²) in [6, 6.07) is 22.0. The van der Waals surface area contributed by atoms with Gasteiger partial charge >= 0.3 is 0 Å². The normalized spacial score (nSPS) is 11.0. The van der Waals surface area contributed by atoms with Gasteiger partial charge in [0.15, 0.2) is 0 Å². The maximum atomic E-state index is 3.43. The van der Waals surface area contributed by atoms with E-state index in [2.05, 4.69) is 98.9 Å². The minimum absolute atomic E-state index is 1.17. The summed E-state index contributed by atoms with van der Waals surface area (Å²) in [5.74, 6) is 0. The molecule has 1 heteroatoms. The molecule has 0 heterocycles. The lowest BCUT2D eigenvalue weighted by Gasteiger charge is -2.18. The standard InChI is InChI=1S/C24H25N/c1-5-6-21-15-16-22(19-11-7-17(2)8-12-19)23(24(21)25-4)20-13-9-18(3)10-14-20/h5-16,25H,1-4H3/b6-5+. The molecule has 0 aliphatic heterocycles. The molecule has 1 nitrogen and oxygen atoms in total. The maximum absolute atomic E-state index is 3.43. The number of benzene rings is 3. The molecular formula is C24H25N. The van der Waals surface area contributed by atoms with Gasteiger partial charge in [-0.2, -0.15) is 0 Å². The van der Waals surface area contributed by atoms with E-state index >= 15 is 0 Å². The zero-order valence-electron chi connectivity index (χ0n) is 15.4. The molecule has 0 bridgehead atoms. The fourth-order valence-electron chi connectivity index (χ4n) is 3.20. The Hall–Kier alpha value is -2.80. The first-order chi connectivity index (χ1) is 12.1. The van der Waals surface area contributed by atoms with Crippen LogP contribution in [0, 0.1) is 13.8 Å². The highest BCUT2D eigenvalue weighted by molar-refractivity contribution is 5.95. The average molecular weight is 327 g/mol. The van der Waals surface area contributed by atoms with Gasteiger partial charge < -0.3 is 5.32 Å². The third-order valence-electron chi connectivity index (χ3n) is 4.54. The van der Waals surface area contributed by atoms with E-state index in [4.69, 9.17) is 0 Å². The molecule has 25 heavy (non-hydrogen) atoms. The van der Waals surface area contributed by atoms with Crippen molar-refractivity contribution < 1.29 is 0 Å². The van der Waals surface area contributed by atoms with Crippen molar-refractivity contribution in [1.29, 1.82) is 0 Å². The highest BCUT2D eigenvalue weighted by atomic mass is 14.8. The highest BCUT2D eigenvalue weighted by Gasteiger charge is 2.14. The van der Waals surface area contributed by atoms with E-state index in [9.17, 15) is 0 Å². The molecule has 0 spiro atoms. The summed E-state index contributed by atoms with van der Waals surface area (Å²) in [7, 11) is 2.00. The Kier molecular flexibility index (Phi) is 5.04. The SMILES string of the molecule is C/C=C/c1ccc(-c2ccc(C)cc2)c(-c2ccc(C)cc2)c1NC. The molecule has 0 saturated heterocycles. The van der Waals surface area contributed by atoms with Crippen LogP contribution in [0.4, 0.5) is 5.69 Å². The predicted molar refractivity (Wildman–Crippen MR) is 111 cm³/mol. The van der Waals surface area contributed by atoms with Gasteiger partial charge in [-0.1, -0.05) is 83.9 Å². The molecule has 3 aromatic carbocycles. The van der Waals surface area contributed by atoms with Crippen molar-refractivity contribution in [2.24, 2.45) is 0 Å². The molecule has 3 rings (SSSR count). The second-order valence-corrected chi connectivity index (χ2v) is 6.43. The molecule has 0 aliphatic carbocycles. The van der Waals surface area contributed by atoms with Crippen LogP contribution in [0.1, 0.15) is 23.6 Å². The molecule has 126 valence electrons. The highest BCUT2D eigenvalue weighted by Crippen LogP contribution is 2.40. The Balaban J connectivity index is 2.30. The van der Waals surface area contributed by atoms with Crippen molar-refractivity contribution in [3.8, 4) is 22.3 Å². The van der Waals surface area contributed by atoms with E-state index in [-0.39, 0.29) is 0 Å². The van der Waals surface area contributed by atoms with Gasteiger partial charge in [0.05, 0.1) is 0 Å². The fraction of sp³-hybridized carbons (Fsp3) is 0.167. The van der Waals surface area contributed by atoms with Crippen molar-refractivity contribution in [1.82, 2.24) is 0 Å². The zero-order chi connectivity index (χ0) is 17.8. The van der Waals surface area contributed by atoms with Crippen LogP contribution in [-0.2, 0) is 0 Å². The Bertz CT molecular complexity index is 885. The summed E-state index contributed by atoms with van der Waals surface area (Å²) in [5, 5.41) is 3.43. The molecule has 1 N–H and O–H groups in total. The number of hydrogen-bond donors (Lipinski definition) is 1. The van der Waals surface area contributed by atoms with Crippen LogP contribution in [-0.4, -0.2) is 7.05 Å². The second kappa shape index (κ2) is 7.40. The topological polar surface area (TPSA) is 12.0 Å². The van der Waals surface area contributed by atoms with Gasteiger partial charge in [-0.25, -0.2) is 0 Å². The average Bonchev–Trinajstić information content (AvgIpc) is 2.63. The second-order valence-electron chi connectivity index (χ2n) is 6.43. The third kappa shape index (κ3) is 3.51. The minimum Gasteiger partial charge on any atom is -0.387 e. The first-order valence-electron chi connectivity index (χ1n) is 8.75. The van der Waals surface area contributed by atoms with Crippen molar-refractivity contribution in [3.63, 3.8) is 0 Å². The van der Waals surface area contributed by atoms with Crippen molar-refractivity contribution in [2.75, 3.05) is 12.4 Å². The van der Waals surface area contributed by atoms with E-state index in [1.807, 2.05) is 7.05 Å². The first-order valence-corrected chi connectivity index (χ1v) is 8.75. The molecule has 0 fully saturated rings. The van der Waals surface area contributed by atoms with Crippen molar-refractivity contribution in [3.05, 3.63) is 83.4 Å². The summed E-state index contributed by atoms with van der Waals surface area (Å²) in [6.45, 7) is 6.30. The number of aryl methyl sites for hydroxylation is 2. The van der Waals surface area contributed by atoms with Gasteiger partial charge in [-0.05, 0) is 43.0 Å². The lowest BCUT2D eigenvalue weighted by atomic mass is 9.90. The van der Waals surface area contributed by atoms with Gasteiger partial charge in [0.1, 0.15) is 0 Å². The van der Waals surface area contributed by atoms with Gasteiger partial charge in [0.25, 0.3) is 0 Å². The zero-order valence-corrected chi connectivity index (χ0v) is 15.4. The smallest absolute Gasteiger partial charge is 0.0497 e. The molecular weight excluding hydrogens is 302 g/mol. The molecule has 0 aromatic heterocycles. The molecule has 0 atom stereocenters. The molecule has 0 unspecified atom stereocenters. The van der Waals surface area contributed by atoms with Gasteiger partial charge in [-0.15, -0.1) is 0 Å². The predicted octanol–water partition coefficient (Wildman–Crippen LogP) is 6.71. The van der Waals surface area contributed by atoms with E-state index in [1.165, 1.54) is 44.6 Å². The summed E-state index contributed by atoms with van der Waals surface area (Å²) in [6.07, 6.45) is 4.24. The van der Waals surface area contributed by atoms with Crippen molar-refractivity contribution >= 4 is 11.8 Å². The fourth-order valence-corrected chi connectivity index (χ4v) is 3.20. The van der Waals surface area contributed by atoms with Crippen LogP contribution in [0.5, 0.6) is 0 Å². The number of anilines is 1. The Labute approximate surface area is 151 Å². The monoisotopic (exact) mass is 327 g/mol. The molecule has 0 saturated carbocycles. The van der Waals surface area contributed by atoms with Gasteiger partial charge in [-0.3, -0.25) is 0 Å². The summed E-state index contributed by atoms with van der Waals surface area (Å²) in [5.41, 5.74) is 9.90. The lowest BCUT2D eigenvalue weighted by molar-refractivity contribution is 1.43. The number of nitrogens with one attached hydrogen (secondary N) is 1. The molecule has 3 aromatic rings. The lowest BCUT2D eigenvalue weighted by Crippen LogP contribution is -1.98. The third-order valence-corrected chi connectivity index (χ3v) is 4.54. The largest absolute Gasteiger partial charge is 0.387 e. The van der Waals surface area contributed by atoms with E-state index < -0.39 is 0 Å². The number of rotatable bonds is 4. The van der Waals surface area contributed by atoms with Crippen LogP contribution >= 0.6 is 0 Å². The minimum atomic E-state index is 1.17. The molecule has 0 aliphatic rings. The van der Waals surface area contributed by atoms with Crippen LogP contribution in [0.2, 0.25) is 0 Å². The summed E-state index contributed by atoms with van der Waals surface area (Å²) < 4.78 is 0. The Morgan fingerprint density at radius 3 is 1.80 bits per heavy atom. The molecule has 0 radical (unpaired) electrons. The number of hydrogen-bond acceptors (Lipinski definition) is 1. The molecule has 0 amide bonds. The van der Waals surface area contributed by atoms with Crippen LogP contribution in [0.25, 0.3) is 28.3 Å². The van der Waals surface area contributed by atoms with E-state index in [0.29, 0.717) is 0 Å². The number of allylic oxidation sites excluding steroid dienone is 1. The van der Waals surface area contributed by atoms with Crippen molar-refractivity contribution in [2.45, 2.75) is 20.8 Å².